The Morgan fingerprint density at radius 2 is 1.86 bits per heavy atom. The van der Waals surface area contributed by atoms with Crippen LogP contribution in [0.15, 0.2) is 54.9 Å². The van der Waals surface area contributed by atoms with Gasteiger partial charge in [-0.05, 0) is 50.2 Å². The SMILES string of the molecule is COc1cc(-c2nccn2-c2ccccc2OC2CCN(C)CC2)ccc1O. The topological polar surface area (TPSA) is 59.8 Å². The van der Waals surface area contributed by atoms with Gasteiger partial charge < -0.3 is 19.5 Å². The Kier molecular flexibility index (Phi) is 5.21. The minimum atomic E-state index is 0.107. The summed E-state index contributed by atoms with van der Waals surface area (Å²) in [7, 11) is 3.68. The minimum absolute atomic E-state index is 0.107. The van der Waals surface area contributed by atoms with Gasteiger partial charge >= 0.3 is 0 Å². The van der Waals surface area contributed by atoms with Crippen molar-refractivity contribution in [2.24, 2.45) is 0 Å². The van der Waals surface area contributed by atoms with Gasteiger partial charge in [0.05, 0.1) is 12.8 Å². The fourth-order valence-electron chi connectivity index (χ4n) is 3.57. The van der Waals surface area contributed by atoms with Crippen LogP contribution in [0.5, 0.6) is 17.2 Å². The molecule has 6 nitrogen and oxygen atoms in total. The van der Waals surface area contributed by atoms with E-state index in [1.807, 2.05) is 41.1 Å². The number of rotatable bonds is 5. The molecule has 0 radical (unpaired) electrons. The van der Waals surface area contributed by atoms with E-state index in [4.69, 9.17) is 9.47 Å². The molecule has 2 aromatic carbocycles. The lowest BCUT2D eigenvalue weighted by Gasteiger charge is -2.30. The van der Waals surface area contributed by atoms with Crippen LogP contribution in [-0.4, -0.2) is 52.9 Å². The van der Waals surface area contributed by atoms with E-state index in [0.29, 0.717) is 5.75 Å². The van der Waals surface area contributed by atoms with E-state index in [-0.39, 0.29) is 11.9 Å². The van der Waals surface area contributed by atoms with Crippen molar-refractivity contribution in [2.45, 2.75) is 18.9 Å². The van der Waals surface area contributed by atoms with Crippen LogP contribution in [0.4, 0.5) is 0 Å². The largest absolute Gasteiger partial charge is 0.504 e. The number of hydrogen-bond acceptors (Lipinski definition) is 5. The highest BCUT2D eigenvalue weighted by Gasteiger charge is 2.20. The molecule has 1 saturated heterocycles. The number of likely N-dealkylation sites (tertiary alicyclic amines) is 1. The summed E-state index contributed by atoms with van der Waals surface area (Å²) in [6.07, 6.45) is 5.96. The number of para-hydroxylation sites is 2. The minimum Gasteiger partial charge on any atom is -0.504 e. The number of methoxy groups -OCH3 is 1. The van der Waals surface area contributed by atoms with Crippen molar-refractivity contribution in [1.29, 1.82) is 0 Å². The van der Waals surface area contributed by atoms with Crippen LogP contribution < -0.4 is 9.47 Å². The van der Waals surface area contributed by atoms with Crippen molar-refractivity contribution in [3.05, 3.63) is 54.9 Å². The number of ether oxygens (including phenoxy) is 2. The van der Waals surface area contributed by atoms with Crippen LogP contribution in [0, 0.1) is 0 Å². The number of benzene rings is 2. The zero-order valence-electron chi connectivity index (χ0n) is 16.2. The van der Waals surface area contributed by atoms with E-state index in [2.05, 4.69) is 16.9 Å². The summed E-state index contributed by atoms with van der Waals surface area (Å²) in [6.45, 7) is 2.10. The van der Waals surface area contributed by atoms with Gasteiger partial charge in [-0.1, -0.05) is 12.1 Å². The summed E-state index contributed by atoms with van der Waals surface area (Å²) in [5.41, 5.74) is 1.80. The van der Waals surface area contributed by atoms with Crippen molar-refractivity contribution in [2.75, 3.05) is 27.2 Å². The summed E-state index contributed by atoms with van der Waals surface area (Å²) in [6, 6.07) is 13.3. The molecule has 146 valence electrons. The Bertz CT molecular complexity index is 946. The quantitative estimate of drug-likeness (QED) is 0.732. The maximum Gasteiger partial charge on any atom is 0.161 e. The van der Waals surface area contributed by atoms with Crippen LogP contribution in [0.2, 0.25) is 0 Å². The first-order valence-electron chi connectivity index (χ1n) is 9.51. The molecule has 1 aliphatic heterocycles. The Morgan fingerprint density at radius 3 is 2.64 bits per heavy atom. The number of piperidine rings is 1. The van der Waals surface area contributed by atoms with Gasteiger partial charge in [-0.2, -0.15) is 0 Å². The van der Waals surface area contributed by atoms with Gasteiger partial charge in [-0.3, -0.25) is 4.57 Å². The number of hydrogen-bond donors (Lipinski definition) is 1. The third-order valence-corrected chi connectivity index (χ3v) is 5.16. The van der Waals surface area contributed by atoms with Gasteiger partial charge in [-0.25, -0.2) is 4.98 Å². The van der Waals surface area contributed by atoms with Crippen molar-refractivity contribution in [1.82, 2.24) is 14.5 Å². The number of imidazole rings is 1. The van der Waals surface area contributed by atoms with Gasteiger partial charge in [0.15, 0.2) is 11.5 Å². The Hall–Kier alpha value is -2.99. The third-order valence-electron chi connectivity index (χ3n) is 5.16. The maximum absolute atomic E-state index is 9.89. The molecule has 3 aromatic rings. The first-order valence-corrected chi connectivity index (χ1v) is 9.51. The van der Waals surface area contributed by atoms with Crippen LogP contribution in [0.3, 0.4) is 0 Å². The van der Waals surface area contributed by atoms with Crippen LogP contribution in [-0.2, 0) is 0 Å². The summed E-state index contributed by atoms with van der Waals surface area (Å²) in [5, 5.41) is 9.89. The molecule has 0 amide bonds. The van der Waals surface area contributed by atoms with Gasteiger partial charge in [0.25, 0.3) is 0 Å². The zero-order valence-corrected chi connectivity index (χ0v) is 16.2. The van der Waals surface area contributed by atoms with Crippen molar-refractivity contribution in [3.8, 4) is 34.3 Å². The number of phenols is 1. The molecular formula is C22H25N3O3. The molecule has 0 bridgehead atoms. The van der Waals surface area contributed by atoms with Gasteiger partial charge in [0.1, 0.15) is 17.7 Å². The second kappa shape index (κ2) is 7.94. The lowest BCUT2D eigenvalue weighted by molar-refractivity contribution is 0.114. The lowest BCUT2D eigenvalue weighted by atomic mass is 10.1. The molecule has 0 saturated carbocycles. The van der Waals surface area contributed by atoms with E-state index in [0.717, 1.165) is 48.8 Å². The molecule has 0 atom stereocenters. The molecule has 1 fully saturated rings. The number of aromatic hydroxyl groups is 1. The smallest absolute Gasteiger partial charge is 0.161 e. The van der Waals surface area contributed by atoms with E-state index in [1.165, 1.54) is 7.11 Å². The van der Waals surface area contributed by atoms with Crippen molar-refractivity contribution < 1.29 is 14.6 Å². The standard InChI is InChI=1S/C22H25N3O3/c1-24-12-9-17(10-13-24)28-20-6-4-3-5-18(20)25-14-11-23-22(25)16-7-8-19(26)21(15-16)27-2/h3-8,11,14-15,17,26H,9-10,12-13H2,1-2H3. The third kappa shape index (κ3) is 3.68. The van der Waals surface area contributed by atoms with Gasteiger partial charge in [-0.15, -0.1) is 0 Å². The number of nitrogens with zero attached hydrogens (tertiary/aromatic N) is 3. The van der Waals surface area contributed by atoms with Crippen molar-refractivity contribution in [3.63, 3.8) is 0 Å². The number of aromatic nitrogens is 2. The maximum atomic E-state index is 9.89. The molecule has 1 aliphatic rings. The normalized spacial score (nSPS) is 15.5. The molecule has 4 rings (SSSR count). The average Bonchev–Trinajstić information content (AvgIpc) is 3.20. The Balaban J connectivity index is 1.67. The van der Waals surface area contributed by atoms with Crippen molar-refractivity contribution >= 4 is 0 Å². The van der Waals surface area contributed by atoms with E-state index < -0.39 is 0 Å². The first kappa shape index (κ1) is 18.4. The highest BCUT2D eigenvalue weighted by atomic mass is 16.5. The molecule has 28 heavy (non-hydrogen) atoms. The predicted octanol–water partition coefficient (Wildman–Crippen LogP) is 3.73. The molecule has 1 N–H and O–H groups in total. The fraction of sp³-hybridized carbons (Fsp3) is 0.318. The second-order valence-corrected chi connectivity index (χ2v) is 7.10. The Labute approximate surface area is 165 Å². The van der Waals surface area contributed by atoms with E-state index in [9.17, 15) is 5.11 Å². The predicted molar refractivity (Wildman–Crippen MR) is 108 cm³/mol. The van der Waals surface area contributed by atoms with Crippen LogP contribution >= 0.6 is 0 Å². The fourth-order valence-corrected chi connectivity index (χ4v) is 3.57. The molecule has 0 aliphatic carbocycles. The van der Waals surface area contributed by atoms with Crippen LogP contribution in [0.25, 0.3) is 17.1 Å². The molecule has 2 heterocycles. The van der Waals surface area contributed by atoms with Crippen LogP contribution in [0.1, 0.15) is 12.8 Å². The summed E-state index contributed by atoms with van der Waals surface area (Å²) in [4.78, 5) is 6.86. The molecule has 0 spiro atoms. The summed E-state index contributed by atoms with van der Waals surface area (Å²) >= 11 is 0. The molecule has 1 aromatic heterocycles. The zero-order chi connectivity index (χ0) is 19.5. The monoisotopic (exact) mass is 379 g/mol. The molecular weight excluding hydrogens is 354 g/mol. The van der Waals surface area contributed by atoms with E-state index >= 15 is 0 Å². The summed E-state index contributed by atoms with van der Waals surface area (Å²) < 4.78 is 13.6. The van der Waals surface area contributed by atoms with E-state index in [1.54, 1.807) is 18.3 Å². The highest BCUT2D eigenvalue weighted by molar-refractivity contribution is 5.64. The lowest BCUT2D eigenvalue weighted by Crippen LogP contribution is -2.35. The Morgan fingerprint density at radius 1 is 1.07 bits per heavy atom. The molecule has 0 unspecified atom stereocenters. The first-order chi connectivity index (χ1) is 13.7. The summed E-state index contributed by atoms with van der Waals surface area (Å²) in [5.74, 6) is 2.14. The average molecular weight is 379 g/mol. The van der Waals surface area contributed by atoms with Gasteiger partial charge in [0.2, 0.25) is 0 Å². The number of phenolic OH excluding ortho intramolecular Hbond substituents is 1. The highest BCUT2D eigenvalue weighted by Crippen LogP contribution is 2.34. The second-order valence-electron chi connectivity index (χ2n) is 7.10. The molecule has 6 heteroatoms. The van der Waals surface area contributed by atoms with Gasteiger partial charge in [0, 0.05) is 31.0 Å².